The molecule has 0 fully saturated rings. The van der Waals surface area contributed by atoms with E-state index in [-0.39, 0.29) is 5.91 Å². The Morgan fingerprint density at radius 2 is 1.86 bits per heavy atom. The molecule has 2 aromatic rings. The molecule has 1 N–H and O–H groups in total. The lowest BCUT2D eigenvalue weighted by atomic mass is 10.3. The van der Waals surface area contributed by atoms with Crippen LogP contribution in [0.1, 0.15) is 23.8 Å². The molecule has 0 radical (unpaired) electrons. The second-order valence-corrected chi connectivity index (χ2v) is 6.57. The second kappa shape index (κ2) is 7.05. The largest absolute Gasteiger partial charge is 0.342 e. The second-order valence-electron chi connectivity index (χ2n) is 4.44. The van der Waals surface area contributed by atoms with Gasteiger partial charge in [-0.1, -0.05) is 41.7 Å². The van der Waals surface area contributed by atoms with E-state index in [1.165, 1.54) is 12.1 Å². The molecule has 3 nitrogen and oxygen atoms in total. The number of aryl methyl sites for hydroxylation is 1. The molecule has 1 aromatic carbocycles. The highest BCUT2D eigenvalue weighted by Crippen LogP contribution is 2.32. The van der Waals surface area contributed by atoms with Crippen LogP contribution in [0, 0.1) is 0 Å². The number of nitrogens with zero attached hydrogens (tertiary/aromatic N) is 1. The summed E-state index contributed by atoms with van der Waals surface area (Å²) in [5.41, 5.74) is 0.974. The number of hydrogen-bond acceptors (Lipinski definition) is 1. The van der Waals surface area contributed by atoms with E-state index in [9.17, 15) is 4.79 Å². The SMILES string of the molecule is CCCn1cc(Br)cc1C(=O)Nc1cc(Cl)c(Cl)cc1Cl. The molecular weight excluding hydrogens is 398 g/mol. The van der Waals surface area contributed by atoms with E-state index in [0.29, 0.717) is 26.4 Å². The summed E-state index contributed by atoms with van der Waals surface area (Å²) in [4.78, 5) is 12.4. The molecule has 112 valence electrons. The zero-order valence-electron chi connectivity index (χ0n) is 11.1. The first-order valence-electron chi connectivity index (χ1n) is 6.24. The average molecular weight is 411 g/mol. The van der Waals surface area contributed by atoms with Gasteiger partial charge in [-0.3, -0.25) is 4.79 Å². The van der Waals surface area contributed by atoms with E-state index < -0.39 is 0 Å². The van der Waals surface area contributed by atoms with Crippen molar-refractivity contribution < 1.29 is 4.79 Å². The number of anilines is 1. The Kier molecular flexibility index (Phi) is 5.60. The van der Waals surface area contributed by atoms with Gasteiger partial charge in [-0.05, 0) is 40.5 Å². The maximum atomic E-state index is 12.4. The molecule has 21 heavy (non-hydrogen) atoms. The maximum absolute atomic E-state index is 12.4. The Balaban J connectivity index is 2.28. The Labute approximate surface area is 146 Å². The summed E-state index contributed by atoms with van der Waals surface area (Å²) >= 11 is 21.3. The van der Waals surface area contributed by atoms with Gasteiger partial charge >= 0.3 is 0 Å². The molecule has 1 heterocycles. The van der Waals surface area contributed by atoms with Gasteiger partial charge in [0, 0.05) is 17.2 Å². The Bertz CT molecular complexity index is 685. The van der Waals surface area contributed by atoms with Crippen molar-refractivity contribution in [3.8, 4) is 0 Å². The summed E-state index contributed by atoms with van der Waals surface area (Å²) in [5.74, 6) is -0.255. The fourth-order valence-electron chi connectivity index (χ4n) is 1.90. The number of halogens is 4. The van der Waals surface area contributed by atoms with Gasteiger partial charge in [-0.15, -0.1) is 0 Å². The first-order chi connectivity index (χ1) is 9.92. The normalized spacial score (nSPS) is 10.7. The fraction of sp³-hybridized carbons (Fsp3) is 0.214. The van der Waals surface area contributed by atoms with Crippen LogP contribution in [0.2, 0.25) is 15.1 Å². The smallest absolute Gasteiger partial charge is 0.272 e. The summed E-state index contributed by atoms with van der Waals surface area (Å²) in [6, 6.07) is 4.80. The Morgan fingerprint density at radius 3 is 2.52 bits per heavy atom. The first-order valence-corrected chi connectivity index (χ1v) is 8.16. The van der Waals surface area contributed by atoms with Crippen molar-refractivity contribution in [2.24, 2.45) is 0 Å². The zero-order chi connectivity index (χ0) is 15.6. The van der Waals surface area contributed by atoms with E-state index in [1.807, 2.05) is 17.7 Å². The molecule has 1 amide bonds. The predicted molar refractivity (Wildman–Crippen MR) is 91.8 cm³/mol. The van der Waals surface area contributed by atoms with E-state index in [4.69, 9.17) is 34.8 Å². The number of hydrogen-bond donors (Lipinski definition) is 1. The van der Waals surface area contributed by atoms with E-state index in [2.05, 4.69) is 21.2 Å². The van der Waals surface area contributed by atoms with Crippen LogP contribution in [-0.4, -0.2) is 10.5 Å². The zero-order valence-corrected chi connectivity index (χ0v) is 14.9. The summed E-state index contributed by atoms with van der Waals surface area (Å²) in [6.07, 6.45) is 2.80. The van der Waals surface area contributed by atoms with Gasteiger partial charge in [0.05, 0.1) is 20.8 Å². The quantitative estimate of drug-likeness (QED) is 0.628. The highest BCUT2D eigenvalue weighted by molar-refractivity contribution is 9.10. The number of aromatic nitrogens is 1. The molecule has 0 bridgehead atoms. The molecule has 0 saturated heterocycles. The minimum Gasteiger partial charge on any atom is -0.342 e. The lowest BCUT2D eigenvalue weighted by molar-refractivity contribution is 0.101. The number of rotatable bonds is 4. The minimum atomic E-state index is -0.255. The van der Waals surface area contributed by atoms with E-state index >= 15 is 0 Å². The topological polar surface area (TPSA) is 34.0 Å². The number of carbonyl (C=O) groups excluding carboxylic acids is 1. The Hall–Kier alpha value is -0.680. The van der Waals surface area contributed by atoms with Gasteiger partial charge in [0.15, 0.2) is 0 Å². The van der Waals surface area contributed by atoms with Crippen LogP contribution in [0.4, 0.5) is 5.69 Å². The van der Waals surface area contributed by atoms with Crippen molar-refractivity contribution in [2.45, 2.75) is 19.9 Å². The van der Waals surface area contributed by atoms with E-state index in [1.54, 1.807) is 6.07 Å². The molecule has 0 aliphatic heterocycles. The minimum absolute atomic E-state index is 0.255. The average Bonchev–Trinajstić information content (AvgIpc) is 2.77. The molecule has 0 saturated carbocycles. The number of amides is 1. The molecule has 7 heteroatoms. The third-order valence-corrected chi connectivity index (χ3v) is 4.29. The maximum Gasteiger partial charge on any atom is 0.272 e. The first kappa shape index (κ1) is 16.7. The number of nitrogens with one attached hydrogen (secondary N) is 1. The van der Waals surface area contributed by atoms with Crippen LogP contribution in [0.15, 0.2) is 28.9 Å². The van der Waals surface area contributed by atoms with Gasteiger partial charge < -0.3 is 9.88 Å². The van der Waals surface area contributed by atoms with Gasteiger partial charge in [0.1, 0.15) is 5.69 Å². The van der Waals surface area contributed by atoms with Crippen LogP contribution in [-0.2, 0) is 6.54 Å². The highest BCUT2D eigenvalue weighted by Gasteiger charge is 2.15. The van der Waals surface area contributed by atoms with Crippen molar-refractivity contribution in [3.63, 3.8) is 0 Å². The van der Waals surface area contributed by atoms with Gasteiger partial charge in [0.2, 0.25) is 0 Å². The lowest BCUT2D eigenvalue weighted by Crippen LogP contribution is -2.17. The molecular formula is C14H12BrCl3N2O. The van der Waals surface area contributed by atoms with Crippen LogP contribution in [0.25, 0.3) is 0 Å². The lowest BCUT2D eigenvalue weighted by Gasteiger charge is -2.10. The summed E-state index contributed by atoms with van der Waals surface area (Å²) in [6.45, 7) is 2.80. The van der Waals surface area contributed by atoms with Crippen molar-refractivity contribution in [3.05, 3.63) is 49.6 Å². The van der Waals surface area contributed by atoms with Gasteiger partial charge in [0.25, 0.3) is 5.91 Å². The van der Waals surface area contributed by atoms with Crippen molar-refractivity contribution in [1.82, 2.24) is 4.57 Å². The fourth-order valence-corrected chi connectivity index (χ4v) is 2.95. The predicted octanol–water partition coefficient (Wildman–Crippen LogP) is 5.87. The summed E-state index contributed by atoms with van der Waals surface area (Å²) in [7, 11) is 0. The van der Waals surface area contributed by atoms with Crippen molar-refractivity contribution >= 4 is 62.3 Å². The van der Waals surface area contributed by atoms with E-state index in [0.717, 1.165) is 17.4 Å². The van der Waals surface area contributed by atoms with Crippen LogP contribution in [0.3, 0.4) is 0 Å². The van der Waals surface area contributed by atoms with Crippen molar-refractivity contribution in [2.75, 3.05) is 5.32 Å². The van der Waals surface area contributed by atoms with Gasteiger partial charge in [-0.2, -0.15) is 0 Å². The van der Waals surface area contributed by atoms with Crippen molar-refractivity contribution in [1.29, 1.82) is 0 Å². The summed E-state index contributed by atoms with van der Waals surface area (Å²) in [5, 5.41) is 3.77. The third-order valence-electron chi connectivity index (χ3n) is 2.82. The molecule has 0 spiro atoms. The third kappa shape index (κ3) is 3.95. The standard InChI is InChI=1S/C14H12BrCl3N2O/c1-2-3-20-7-8(15)4-13(20)14(21)19-12-6-10(17)9(16)5-11(12)18/h4-7H,2-3H2,1H3,(H,19,21). The van der Waals surface area contributed by atoms with Gasteiger partial charge in [-0.25, -0.2) is 0 Å². The molecule has 2 rings (SSSR count). The molecule has 0 atom stereocenters. The molecule has 0 aliphatic carbocycles. The molecule has 0 aliphatic rings. The highest BCUT2D eigenvalue weighted by atomic mass is 79.9. The Morgan fingerprint density at radius 1 is 1.19 bits per heavy atom. The number of carbonyl (C=O) groups is 1. The van der Waals surface area contributed by atoms with Crippen LogP contribution in [0.5, 0.6) is 0 Å². The summed E-state index contributed by atoms with van der Waals surface area (Å²) < 4.78 is 2.73. The van der Waals surface area contributed by atoms with Crippen LogP contribution >= 0.6 is 50.7 Å². The monoisotopic (exact) mass is 408 g/mol. The molecule has 0 unspecified atom stereocenters. The van der Waals surface area contributed by atoms with Crippen LogP contribution < -0.4 is 5.32 Å². The molecule has 1 aromatic heterocycles. The number of benzene rings is 1.